The summed E-state index contributed by atoms with van der Waals surface area (Å²) < 4.78 is 0. The van der Waals surface area contributed by atoms with Gasteiger partial charge in [-0.1, -0.05) is 38.6 Å². The van der Waals surface area contributed by atoms with Crippen LogP contribution in [0.4, 0.5) is 11.4 Å². The number of nitrogens with zero attached hydrogens (tertiary/aromatic N) is 1. The Kier molecular flexibility index (Phi) is 6.90. The Bertz CT molecular complexity index is 657. The maximum Gasteiger partial charge on any atom is 0.137 e. The fourth-order valence-electron chi connectivity index (χ4n) is 2.01. The maximum atomic E-state index is 5.87. The van der Waals surface area contributed by atoms with Crippen LogP contribution in [0.2, 0.25) is 0 Å². The number of rotatable bonds is 3. The highest BCUT2D eigenvalue weighted by Gasteiger charge is 2.07. The van der Waals surface area contributed by atoms with E-state index in [1.54, 1.807) is 0 Å². The molecule has 0 fully saturated rings. The number of nitrogens with two attached hydrogens (primary N) is 1. The van der Waals surface area contributed by atoms with Gasteiger partial charge in [0.05, 0.1) is 0 Å². The molecule has 22 heavy (non-hydrogen) atoms. The van der Waals surface area contributed by atoms with Crippen LogP contribution < -0.4 is 11.1 Å². The van der Waals surface area contributed by atoms with Crippen molar-refractivity contribution in [3.05, 3.63) is 71.9 Å². The van der Waals surface area contributed by atoms with Crippen LogP contribution >= 0.6 is 0 Å². The molecule has 0 saturated carbocycles. The lowest BCUT2D eigenvalue weighted by atomic mass is 10.1. The highest BCUT2D eigenvalue weighted by atomic mass is 15.0. The van der Waals surface area contributed by atoms with E-state index in [1.807, 2.05) is 51.1 Å². The second-order valence-electron chi connectivity index (χ2n) is 4.73. The average molecular weight is 295 g/mol. The third-order valence-electron chi connectivity index (χ3n) is 3.02. The zero-order valence-electron chi connectivity index (χ0n) is 13.9. The fraction of sp³-hybridized carbons (Fsp3) is 0.211. The summed E-state index contributed by atoms with van der Waals surface area (Å²) in [5, 5.41) is 3.33. The summed E-state index contributed by atoms with van der Waals surface area (Å²) >= 11 is 0. The molecule has 0 aliphatic rings. The monoisotopic (exact) mass is 295 g/mol. The van der Waals surface area contributed by atoms with Gasteiger partial charge in [0.25, 0.3) is 0 Å². The molecule has 0 radical (unpaired) electrons. The van der Waals surface area contributed by atoms with E-state index in [0.717, 1.165) is 22.6 Å². The van der Waals surface area contributed by atoms with Gasteiger partial charge in [-0.05, 0) is 49.2 Å². The molecule has 0 bridgehead atoms. The Labute approximate surface area is 133 Å². The van der Waals surface area contributed by atoms with Crippen LogP contribution in [-0.2, 0) is 0 Å². The molecular weight excluding hydrogens is 270 g/mol. The smallest absolute Gasteiger partial charge is 0.137 e. The topological polar surface area (TPSA) is 50.4 Å². The standard InChI is InChI=1S/C17H19N3.C2H6/c1-4-19-17(16-11-14(18)9-8-13(16)3)20-15-7-5-6-12(2)10-15;1-2/h4-11H,1,18H2,2-3H3,(H,19,20);1-2H3. The van der Waals surface area contributed by atoms with Crippen LogP contribution in [0.1, 0.15) is 30.5 Å². The number of benzene rings is 2. The minimum atomic E-state index is 0.716. The van der Waals surface area contributed by atoms with E-state index in [1.165, 1.54) is 11.8 Å². The predicted molar refractivity (Wildman–Crippen MR) is 98.5 cm³/mol. The van der Waals surface area contributed by atoms with Gasteiger partial charge in [-0.3, -0.25) is 0 Å². The zero-order valence-corrected chi connectivity index (χ0v) is 13.9. The van der Waals surface area contributed by atoms with Gasteiger partial charge < -0.3 is 11.1 Å². The lowest BCUT2D eigenvalue weighted by Crippen LogP contribution is -2.15. The predicted octanol–water partition coefficient (Wildman–Crippen LogP) is 4.91. The molecule has 116 valence electrons. The van der Waals surface area contributed by atoms with Crippen LogP contribution in [0, 0.1) is 13.8 Å². The number of amidine groups is 1. The number of hydrogen-bond donors (Lipinski definition) is 2. The molecule has 2 aromatic rings. The average Bonchev–Trinajstić information content (AvgIpc) is 2.51. The summed E-state index contributed by atoms with van der Waals surface area (Å²) in [6.45, 7) is 11.8. The largest absolute Gasteiger partial charge is 0.399 e. The molecule has 3 nitrogen and oxygen atoms in total. The van der Waals surface area contributed by atoms with Crippen molar-refractivity contribution in [1.29, 1.82) is 0 Å². The first kappa shape index (κ1) is 17.5. The Morgan fingerprint density at radius 1 is 1.14 bits per heavy atom. The van der Waals surface area contributed by atoms with Crippen molar-refractivity contribution in [3.63, 3.8) is 0 Å². The highest BCUT2D eigenvalue weighted by Crippen LogP contribution is 2.17. The van der Waals surface area contributed by atoms with Gasteiger partial charge in [0, 0.05) is 23.1 Å². The molecule has 0 aliphatic heterocycles. The van der Waals surface area contributed by atoms with Crippen LogP contribution in [0.5, 0.6) is 0 Å². The van der Waals surface area contributed by atoms with Gasteiger partial charge in [0.1, 0.15) is 5.84 Å². The second-order valence-corrected chi connectivity index (χ2v) is 4.73. The van der Waals surface area contributed by atoms with Gasteiger partial charge in [0.15, 0.2) is 0 Å². The molecule has 3 N–H and O–H groups in total. The van der Waals surface area contributed by atoms with Gasteiger partial charge >= 0.3 is 0 Å². The minimum absolute atomic E-state index is 0.716. The van der Waals surface area contributed by atoms with E-state index in [2.05, 4.69) is 35.9 Å². The Morgan fingerprint density at radius 2 is 1.86 bits per heavy atom. The van der Waals surface area contributed by atoms with Crippen molar-refractivity contribution >= 4 is 17.2 Å². The lowest BCUT2D eigenvalue weighted by molar-refractivity contribution is 1.40. The van der Waals surface area contributed by atoms with Gasteiger partial charge in [-0.15, -0.1) is 0 Å². The van der Waals surface area contributed by atoms with E-state index in [9.17, 15) is 0 Å². The summed E-state index contributed by atoms with van der Waals surface area (Å²) in [6, 6.07) is 13.9. The number of nitrogens with one attached hydrogen (secondary N) is 1. The SMILES string of the molecule is C=CN=C(Nc1cccc(C)c1)c1cc(N)ccc1C.CC. The first-order valence-corrected chi connectivity index (χ1v) is 7.49. The van der Waals surface area contributed by atoms with E-state index in [-0.39, 0.29) is 0 Å². The molecule has 0 unspecified atom stereocenters. The summed E-state index contributed by atoms with van der Waals surface area (Å²) in [5.74, 6) is 0.746. The second kappa shape index (κ2) is 8.67. The van der Waals surface area contributed by atoms with E-state index >= 15 is 0 Å². The van der Waals surface area contributed by atoms with Crippen molar-refractivity contribution < 1.29 is 0 Å². The van der Waals surface area contributed by atoms with Crippen molar-refractivity contribution in [3.8, 4) is 0 Å². The van der Waals surface area contributed by atoms with Crippen LogP contribution in [0.15, 0.2) is 60.2 Å². The number of hydrogen-bond acceptors (Lipinski definition) is 2. The first-order chi connectivity index (χ1) is 10.6. The van der Waals surface area contributed by atoms with E-state index in [4.69, 9.17) is 5.73 Å². The van der Waals surface area contributed by atoms with Crippen molar-refractivity contribution in [2.24, 2.45) is 4.99 Å². The number of aryl methyl sites for hydroxylation is 2. The minimum Gasteiger partial charge on any atom is -0.399 e. The first-order valence-electron chi connectivity index (χ1n) is 7.49. The number of aliphatic imine (C=N–C) groups is 1. The van der Waals surface area contributed by atoms with Crippen molar-refractivity contribution in [1.82, 2.24) is 0 Å². The van der Waals surface area contributed by atoms with Crippen molar-refractivity contribution in [2.75, 3.05) is 11.1 Å². The van der Waals surface area contributed by atoms with Gasteiger partial charge in [-0.2, -0.15) is 0 Å². The van der Waals surface area contributed by atoms with Crippen molar-refractivity contribution in [2.45, 2.75) is 27.7 Å². The highest BCUT2D eigenvalue weighted by molar-refractivity contribution is 6.09. The molecule has 2 rings (SSSR count). The Hall–Kier alpha value is -2.55. The molecule has 0 aromatic heterocycles. The quantitative estimate of drug-likeness (QED) is 0.480. The Morgan fingerprint density at radius 3 is 2.50 bits per heavy atom. The molecule has 3 heteroatoms. The van der Waals surface area contributed by atoms with Crippen LogP contribution in [0.25, 0.3) is 0 Å². The summed E-state index contributed by atoms with van der Waals surface area (Å²) in [7, 11) is 0. The molecule has 0 heterocycles. The van der Waals surface area contributed by atoms with Crippen LogP contribution in [-0.4, -0.2) is 5.84 Å². The molecule has 0 atom stereocenters. The van der Waals surface area contributed by atoms with E-state index in [0.29, 0.717) is 5.69 Å². The van der Waals surface area contributed by atoms with Gasteiger partial charge in [-0.25, -0.2) is 4.99 Å². The third-order valence-corrected chi connectivity index (χ3v) is 3.02. The maximum absolute atomic E-state index is 5.87. The zero-order chi connectivity index (χ0) is 16.5. The number of anilines is 2. The fourth-order valence-corrected chi connectivity index (χ4v) is 2.01. The van der Waals surface area contributed by atoms with Gasteiger partial charge in [0.2, 0.25) is 0 Å². The lowest BCUT2D eigenvalue weighted by Gasteiger charge is -2.13. The summed E-state index contributed by atoms with van der Waals surface area (Å²) in [5.41, 5.74) is 10.9. The molecule has 0 aliphatic carbocycles. The molecule has 0 amide bonds. The summed E-state index contributed by atoms with van der Waals surface area (Å²) in [6.07, 6.45) is 1.53. The Balaban J connectivity index is 0.00000116. The molecule has 0 spiro atoms. The molecule has 2 aromatic carbocycles. The molecule has 0 saturated heterocycles. The third kappa shape index (κ3) is 4.77. The number of nitrogen functional groups attached to an aromatic ring is 1. The summed E-state index contributed by atoms with van der Waals surface area (Å²) in [4.78, 5) is 4.34. The van der Waals surface area contributed by atoms with E-state index < -0.39 is 0 Å². The normalized spacial score (nSPS) is 10.5. The van der Waals surface area contributed by atoms with Crippen LogP contribution in [0.3, 0.4) is 0 Å². The molecular formula is C19H25N3.